The Morgan fingerprint density at radius 3 is 2.74 bits per heavy atom. The highest BCUT2D eigenvalue weighted by Gasteiger charge is 2.19. The van der Waals surface area contributed by atoms with Gasteiger partial charge in [-0.25, -0.2) is 0 Å². The van der Waals surface area contributed by atoms with E-state index in [1.165, 1.54) is 0 Å². The SMILES string of the molecule is CCCN(Cc1ccccc1)C(=O)c1cc(-c2cccs2)[nH]n1. The van der Waals surface area contributed by atoms with Gasteiger partial charge in [0.25, 0.3) is 5.91 Å². The molecule has 0 aliphatic heterocycles. The number of amides is 1. The third-order valence-corrected chi connectivity index (χ3v) is 4.48. The van der Waals surface area contributed by atoms with E-state index in [0.29, 0.717) is 12.2 Å². The normalized spacial score (nSPS) is 10.7. The highest BCUT2D eigenvalue weighted by molar-refractivity contribution is 7.13. The van der Waals surface area contributed by atoms with Crippen LogP contribution in [0.2, 0.25) is 0 Å². The largest absolute Gasteiger partial charge is 0.333 e. The predicted octanol–water partition coefficient (Wildman–Crippen LogP) is 4.19. The van der Waals surface area contributed by atoms with Crippen molar-refractivity contribution < 1.29 is 4.79 Å². The van der Waals surface area contributed by atoms with Crippen molar-refractivity contribution in [2.24, 2.45) is 0 Å². The Hall–Kier alpha value is -2.40. The van der Waals surface area contributed by atoms with Crippen molar-refractivity contribution in [1.82, 2.24) is 15.1 Å². The van der Waals surface area contributed by atoms with Crippen LogP contribution < -0.4 is 0 Å². The summed E-state index contributed by atoms with van der Waals surface area (Å²) in [6.45, 7) is 3.40. The number of hydrogen-bond donors (Lipinski definition) is 1. The van der Waals surface area contributed by atoms with Crippen LogP contribution in [0.5, 0.6) is 0 Å². The van der Waals surface area contributed by atoms with Crippen LogP contribution in [0.3, 0.4) is 0 Å². The molecule has 118 valence electrons. The molecule has 1 amide bonds. The number of aromatic amines is 1. The quantitative estimate of drug-likeness (QED) is 0.739. The minimum absolute atomic E-state index is 0.0326. The van der Waals surface area contributed by atoms with Crippen LogP contribution >= 0.6 is 11.3 Å². The van der Waals surface area contributed by atoms with Crippen LogP contribution in [0.25, 0.3) is 10.6 Å². The van der Waals surface area contributed by atoms with Crippen molar-refractivity contribution in [1.29, 1.82) is 0 Å². The zero-order valence-corrected chi connectivity index (χ0v) is 13.8. The fourth-order valence-electron chi connectivity index (χ4n) is 2.48. The van der Waals surface area contributed by atoms with Gasteiger partial charge in [0.05, 0.1) is 10.6 Å². The molecule has 0 fully saturated rings. The highest BCUT2D eigenvalue weighted by Crippen LogP contribution is 2.23. The molecule has 3 aromatic rings. The lowest BCUT2D eigenvalue weighted by Gasteiger charge is -2.21. The first kappa shape index (κ1) is 15.5. The molecule has 1 aromatic carbocycles. The molecule has 2 aromatic heterocycles. The summed E-state index contributed by atoms with van der Waals surface area (Å²) >= 11 is 1.63. The zero-order valence-electron chi connectivity index (χ0n) is 13.0. The molecule has 0 bridgehead atoms. The van der Waals surface area contributed by atoms with Crippen molar-refractivity contribution in [3.05, 3.63) is 65.2 Å². The average molecular weight is 325 g/mol. The number of hydrogen-bond acceptors (Lipinski definition) is 3. The lowest BCUT2D eigenvalue weighted by atomic mass is 10.2. The summed E-state index contributed by atoms with van der Waals surface area (Å²) in [6, 6.07) is 15.9. The van der Waals surface area contributed by atoms with E-state index in [1.54, 1.807) is 11.3 Å². The van der Waals surface area contributed by atoms with E-state index in [2.05, 4.69) is 17.1 Å². The fourth-order valence-corrected chi connectivity index (χ4v) is 3.17. The lowest BCUT2D eigenvalue weighted by Crippen LogP contribution is -2.31. The van der Waals surface area contributed by atoms with Gasteiger partial charge in [0.1, 0.15) is 0 Å². The summed E-state index contributed by atoms with van der Waals surface area (Å²) in [6.07, 6.45) is 0.917. The van der Waals surface area contributed by atoms with Gasteiger partial charge in [-0.1, -0.05) is 43.3 Å². The Bertz CT molecular complexity index is 750. The molecule has 0 spiro atoms. The summed E-state index contributed by atoms with van der Waals surface area (Å²) < 4.78 is 0. The molecule has 0 saturated carbocycles. The van der Waals surface area contributed by atoms with Gasteiger partial charge in [0.15, 0.2) is 5.69 Å². The van der Waals surface area contributed by atoms with Crippen molar-refractivity contribution in [2.75, 3.05) is 6.54 Å². The minimum Gasteiger partial charge on any atom is -0.333 e. The lowest BCUT2D eigenvalue weighted by molar-refractivity contribution is 0.0737. The van der Waals surface area contributed by atoms with Gasteiger partial charge in [-0.15, -0.1) is 11.3 Å². The standard InChI is InChI=1S/C18H19N3OS/c1-2-10-21(13-14-7-4-3-5-8-14)18(22)16-12-15(19-20-16)17-9-6-11-23-17/h3-9,11-12H,2,10,13H2,1H3,(H,19,20). The fraction of sp³-hybridized carbons (Fsp3) is 0.222. The third-order valence-electron chi connectivity index (χ3n) is 3.58. The Kier molecular flexibility index (Phi) is 4.88. The monoisotopic (exact) mass is 325 g/mol. The third kappa shape index (κ3) is 3.68. The molecular formula is C18H19N3OS. The van der Waals surface area contributed by atoms with E-state index >= 15 is 0 Å². The van der Waals surface area contributed by atoms with Crippen molar-refractivity contribution in [2.45, 2.75) is 19.9 Å². The molecular weight excluding hydrogens is 306 g/mol. The van der Waals surface area contributed by atoms with Crippen LogP contribution in [-0.2, 0) is 6.54 Å². The number of thiophene rings is 1. The summed E-state index contributed by atoms with van der Waals surface area (Å²) in [7, 11) is 0. The van der Waals surface area contributed by atoms with E-state index in [4.69, 9.17) is 0 Å². The van der Waals surface area contributed by atoms with Gasteiger partial charge in [0.2, 0.25) is 0 Å². The number of aromatic nitrogens is 2. The number of carbonyl (C=O) groups excluding carboxylic acids is 1. The Morgan fingerprint density at radius 2 is 2.04 bits per heavy atom. The smallest absolute Gasteiger partial charge is 0.274 e. The van der Waals surface area contributed by atoms with Crippen LogP contribution in [0.15, 0.2) is 53.9 Å². The molecule has 0 atom stereocenters. The van der Waals surface area contributed by atoms with Gasteiger partial charge in [-0.3, -0.25) is 9.89 Å². The maximum absolute atomic E-state index is 12.8. The molecule has 0 aliphatic rings. The molecule has 0 unspecified atom stereocenters. The van der Waals surface area contributed by atoms with Crippen molar-refractivity contribution in [3.63, 3.8) is 0 Å². The maximum Gasteiger partial charge on any atom is 0.274 e. The molecule has 23 heavy (non-hydrogen) atoms. The first-order chi connectivity index (χ1) is 11.3. The van der Waals surface area contributed by atoms with E-state index < -0.39 is 0 Å². The van der Waals surface area contributed by atoms with Crippen LogP contribution in [0.4, 0.5) is 0 Å². The molecule has 1 N–H and O–H groups in total. The van der Waals surface area contributed by atoms with E-state index in [9.17, 15) is 4.79 Å². The summed E-state index contributed by atoms with van der Waals surface area (Å²) in [5.41, 5.74) is 2.49. The average Bonchev–Trinajstić information content (AvgIpc) is 3.26. The first-order valence-corrected chi connectivity index (χ1v) is 8.58. The number of rotatable bonds is 6. The van der Waals surface area contributed by atoms with Gasteiger partial charge in [0, 0.05) is 13.1 Å². The Morgan fingerprint density at radius 1 is 1.22 bits per heavy atom. The van der Waals surface area contributed by atoms with Crippen LogP contribution in [-0.4, -0.2) is 27.5 Å². The number of H-pyrrole nitrogens is 1. The van der Waals surface area contributed by atoms with Crippen LogP contribution in [0, 0.1) is 0 Å². The second-order valence-electron chi connectivity index (χ2n) is 5.36. The van der Waals surface area contributed by atoms with Crippen molar-refractivity contribution in [3.8, 4) is 10.6 Å². The minimum atomic E-state index is -0.0326. The molecule has 0 radical (unpaired) electrons. The number of carbonyl (C=O) groups is 1. The molecule has 2 heterocycles. The van der Waals surface area contributed by atoms with E-state index in [-0.39, 0.29) is 5.91 Å². The van der Waals surface area contributed by atoms with Gasteiger partial charge >= 0.3 is 0 Å². The number of nitrogens with zero attached hydrogens (tertiary/aromatic N) is 2. The van der Waals surface area contributed by atoms with Gasteiger partial charge in [-0.05, 0) is 29.5 Å². The summed E-state index contributed by atoms with van der Waals surface area (Å²) in [5.74, 6) is -0.0326. The maximum atomic E-state index is 12.8. The van der Waals surface area contributed by atoms with Crippen LogP contribution in [0.1, 0.15) is 29.4 Å². The van der Waals surface area contributed by atoms with Gasteiger partial charge in [-0.2, -0.15) is 5.10 Å². The molecule has 0 saturated heterocycles. The highest BCUT2D eigenvalue weighted by atomic mass is 32.1. The predicted molar refractivity (Wildman–Crippen MR) is 93.4 cm³/mol. The summed E-state index contributed by atoms with van der Waals surface area (Å²) in [4.78, 5) is 15.7. The topological polar surface area (TPSA) is 49.0 Å². The van der Waals surface area contributed by atoms with Gasteiger partial charge < -0.3 is 4.90 Å². The summed E-state index contributed by atoms with van der Waals surface area (Å²) in [5, 5.41) is 9.18. The molecule has 4 nitrogen and oxygen atoms in total. The Labute approximate surface area is 139 Å². The van der Waals surface area contributed by atoms with Crippen molar-refractivity contribution >= 4 is 17.2 Å². The molecule has 0 aliphatic carbocycles. The molecule has 3 rings (SSSR count). The van der Waals surface area contributed by atoms with E-state index in [1.807, 2.05) is 58.8 Å². The Balaban J connectivity index is 1.78. The van der Waals surface area contributed by atoms with E-state index in [0.717, 1.165) is 29.1 Å². The number of nitrogens with one attached hydrogen (secondary N) is 1. The molecule has 5 heteroatoms. The first-order valence-electron chi connectivity index (χ1n) is 7.70. The number of benzene rings is 1. The second-order valence-corrected chi connectivity index (χ2v) is 6.30. The second kappa shape index (κ2) is 7.24. The zero-order chi connectivity index (χ0) is 16.1.